The van der Waals surface area contributed by atoms with Crippen LogP contribution >= 0.6 is 0 Å². The standard InChI is InChI=1S/C22H22F2N2O5/c1-22(31-2,21(23)24)18(20(29)26-30)25-19(28)17-11-9-15(10-12-17)4-3-14-5-7-16(13-27)8-6-14/h5-12,18,21,27,30H,13H2,1-2H3,(H,25,28)(H,26,29)/t18-,22?/m1/s1. The highest BCUT2D eigenvalue weighted by molar-refractivity contribution is 5.97. The van der Waals surface area contributed by atoms with Gasteiger partial charge in [0.15, 0.2) is 5.60 Å². The van der Waals surface area contributed by atoms with Crippen LogP contribution < -0.4 is 10.8 Å². The van der Waals surface area contributed by atoms with E-state index in [-0.39, 0.29) is 12.2 Å². The molecule has 4 N–H and O–H groups in total. The van der Waals surface area contributed by atoms with Crippen LogP contribution in [-0.2, 0) is 16.1 Å². The maximum absolute atomic E-state index is 13.4. The maximum Gasteiger partial charge on any atom is 0.269 e. The second-order valence-electron chi connectivity index (χ2n) is 6.75. The molecule has 0 bridgehead atoms. The van der Waals surface area contributed by atoms with E-state index in [4.69, 9.17) is 15.1 Å². The smallest absolute Gasteiger partial charge is 0.269 e. The monoisotopic (exact) mass is 432 g/mol. The van der Waals surface area contributed by atoms with Crippen molar-refractivity contribution in [2.24, 2.45) is 0 Å². The summed E-state index contributed by atoms with van der Waals surface area (Å²) in [6.45, 7) is 0.891. The summed E-state index contributed by atoms with van der Waals surface area (Å²) in [6.07, 6.45) is -3.12. The molecule has 0 aliphatic carbocycles. The van der Waals surface area contributed by atoms with Crippen LogP contribution in [0.25, 0.3) is 0 Å². The van der Waals surface area contributed by atoms with E-state index in [1.807, 2.05) is 0 Å². The lowest BCUT2D eigenvalue weighted by Crippen LogP contribution is -2.62. The van der Waals surface area contributed by atoms with E-state index in [0.29, 0.717) is 5.56 Å². The highest BCUT2D eigenvalue weighted by Gasteiger charge is 2.48. The van der Waals surface area contributed by atoms with Gasteiger partial charge in [-0.1, -0.05) is 24.0 Å². The van der Waals surface area contributed by atoms with Crippen LogP contribution in [0.3, 0.4) is 0 Å². The quantitative estimate of drug-likeness (QED) is 0.304. The molecule has 1 unspecified atom stereocenters. The molecule has 0 saturated carbocycles. The van der Waals surface area contributed by atoms with Gasteiger partial charge in [-0.25, -0.2) is 14.3 Å². The molecule has 2 rings (SSSR count). The molecule has 0 aromatic heterocycles. The van der Waals surface area contributed by atoms with Crippen molar-refractivity contribution in [1.82, 2.24) is 10.8 Å². The molecule has 2 aromatic rings. The second-order valence-corrected chi connectivity index (χ2v) is 6.75. The van der Waals surface area contributed by atoms with Gasteiger partial charge in [-0.15, -0.1) is 0 Å². The topological polar surface area (TPSA) is 108 Å². The Morgan fingerprint density at radius 2 is 1.58 bits per heavy atom. The number of hydroxylamine groups is 1. The number of carbonyl (C=O) groups excluding carboxylic acids is 2. The molecule has 31 heavy (non-hydrogen) atoms. The lowest BCUT2D eigenvalue weighted by Gasteiger charge is -2.34. The molecule has 0 spiro atoms. The number of alkyl halides is 2. The summed E-state index contributed by atoms with van der Waals surface area (Å²) in [5, 5.41) is 20.1. The lowest BCUT2D eigenvalue weighted by molar-refractivity contribution is -0.157. The molecular weight excluding hydrogens is 410 g/mol. The van der Waals surface area contributed by atoms with Crippen molar-refractivity contribution in [2.45, 2.75) is 31.6 Å². The Hall–Kier alpha value is -3.32. The van der Waals surface area contributed by atoms with Gasteiger partial charge in [-0.3, -0.25) is 14.8 Å². The Bertz CT molecular complexity index is 968. The van der Waals surface area contributed by atoms with Gasteiger partial charge in [0.1, 0.15) is 6.04 Å². The minimum Gasteiger partial charge on any atom is -0.392 e. The van der Waals surface area contributed by atoms with Gasteiger partial charge in [-0.05, 0) is 48.9 Å². The summed E-state index contributed by atoms with van der Waals surface area (Å²) in [6, 6.07) is 11.2. The Morgan fingerprint density at radius 1 is 1.06 bits per heavy atom. The van der Waals surface area contributed by atoms with E-state index in [0.717, 1.165) is 25.2 Å². The van der Waals surface area contributed by atoms with Gasteiger partial charge in [-0.2, -0.15) is 0 Å². The number of ether oxygens (including phenoxy) is 1. The van der Waals surface area contributed by atoms with Crippen molar-refractivity contribution in [1.29, 1.82) is 0 Å². The third kappa shape index (κ3) is 5.86. The molecule has 2 atom stereocenters. The number of benzene rings is 2. The van der Waals surface area contributed by atoms with Crippen LogP contribution in [0.2, 0.25) is 0 Å². The summed E-state index contributed by atoms with van der Waals surface area (Å²) >= 11 is 0. The fourth-order valence-corrected chi connectivity index (χ4v) is 2.62. The SMILES string of the molecule is COC(C)(C(F)F)[C@H](NC(=O)c1ccc(C#Cc2ccc(CO)cc2)cc1)C(=O)NO. The normalized spacial score (nSPS) is 13.5. The molecule has 0 aliphatic rings. The number of nitrogens with one attached hydrogen (secondary N) is 2. The van der Waals surface area contributed by atoms with Crippen molar-refractivity contribution in [3.63, 3.8) is 0 Å². The lowest BCUT2D eigenvalue weighted by atomic mass is 9.95. The van der Waals surface area contributed by atoms with Gasteiger partial charge >= 0.3 is 0 Å². The van der Waals surface area contributed by atoms with Crippen LogP contribution in [0, 0.1) is 11.8 Å². The number of amides is 2. The summed E-state index contributed by atoms with van der Waals surface area (Å²) in [4.78, 5) is 24.4. The average molecular weight is 432 g/mol. The minimum atomic E-state index is -3.12. The molecular formula is C22H22F2N2O5. The van der Waals surface area contributed by atoms with E-state index in [1.54, 1.807) is 36.4 Å². The fourth-order valence-electron chi connectivity index (χ4n) is 2.62. The van der Waals surface area contributed by atoms with Crippen molar-refractivity contribution in [3.8, 4) is 11.8 Å². The Morgan fingerprint density at radius 3 is 2.00 bits per heavy atom. The van der Waals surface area contributed by atoms with Crippen LogP contribution in [-0.4, -0.2) is 47.3 Å². The van der Waals surface area contributed by atoms with Gasteiger partial charge in [0.25, 0.3) is 18.2 Å². The summed E-state index contributed by atoms with van der Waals surface area (Å²) in [5.41, 5.74) is 1.11. The maximum atomic E-state index is 13.4. The summed E-state index contributed by atoms with van der Waals surface area (Å²) in [5.74, 6) is 3.81. The van der Waals surface area contributed by atoms with E-state index in [2.05, 4.69) is 17.2 Å². The van der Waals surface area contributed by atoms with Crippen LogP contribution in [0.4, 0.5) is 8.78 Å². The molecule has 0 aliphatic heterocycles. The fraction of sp³-hybridized carbons (Fsp3) is 0.273. The van der Waals surface area contributed by atoms with Gasteiger partial charge in [0, 0.05) is 23.8 Å². The molecule has 164 valence electrons. The molecule has 0 heterocycles. The van der Waals surface area contributed by atoms with E-state index in [1.165, 1.54) is 17.6 Å². The zero-order chi connectivity index (χ0) is 23.0. The highest BCUT2D eigenvalue weighted by Crippen LogP contribution is 2.24. The van der Waals surface area contributed by atoms with E-state index in [9.17, 15) is 18.4 Å². The first-order chi connectivity index (χ1) is 14.7. The highest BCUT2D eigenvalue weighted by atomic mass is 19.3. The number of aliphatic hydroxyl groups excluding tert-OH is 1. The number of hydrogen-bond donors (Lipinski definition) is 4. The van der Waals surface area contributed by atoms with Crippen molar-refractivity contribution < 1.29 is 33.4 Å². The second kappa shape index (κ2) is 10.6. The minimum absolute atomic E-state index is 0.0566. The van der Waals surface area contributed by atoms with Crippen LogP contribution in [0.5, 0.6) is 0 Å². The van der Waals surface area contributed by atoms with Gasteiger partial charge in [0.2, 0.25) is 0 Å². The van der Waals surface area contributed by atoms with Gasteiger partial charge < -0.3 is 15.2 Å². The number of carbonyl (C=O) groups is 2. The Balaban J connectivity index is 2.16. The Kier molecular flexibility index (Phi) is 8.22. The molecule has 2 aromatic carbocycles. The molecule has 7 nitrogen and oxygen atoms in total. The first-order valence-corrected chi connectivity index (χ1v) is 9.15. The first kappa shape index (κ1) is 24.0. The summed E-state index contributed by atoms with van der Waals surface area (Å²) < 4.78 is 31.6. The molecule has 0 radical (unpaired) electrons. The third-order valence-electron chi connectivity index (χ3n) is 4.73. The van der Waals surface area contributed by atoms with Crippen molar-refractivity contribution in [3.05, 3.63) is 70.8 Å². The van der Waals surface area contributed by atoms with Gasteiger partial charge in [0.05, 0.1) is 6.61 Å². The van der Waals surface area contributed by atoms with Crippen LogP contribution in [0.15, 0.2) is 48.5 Å². The zero-order valence-electron chi connectivity index (χ0n) is 16.9. The van der Waals surface area contributed by atoms with Crippen molar-refractivity contribution in [2.75, 3.05) is 7.11 Å². The average Bonchev–Trinajstić information content (AvgIpc) is 2.80. The largest absolute Gasteiger partial charge is 0.392 e. The van der Waals surface area contributed by atoms with Crippen molar-refractivity contribution >= 4 is 11.8 Å². The zero-order valence-corrected chi connectivity index (χ0v) is 16.9. The molecule has 0 fully saturated rings. The predicted octanol–water partition coefficient (Wildman–Crippen LogP) is 1.85. The number of hydrogen-bond acceptors (Lipinski definition) is 5. The number of methoxy groups -OCH3 is 1. The number of rotatable bonds is 7. The molecule has 2 amide bonds. The summed E-state index contributed by atoms with van der Waals surface area (Å²) in [7, 11) is 0.973. The number of aliphatic hydroxyl groups is 1. The van der Waals surface area contributed by atoms with E-state index < -0.39 is 29.9 Å². The van der Waals surface area contributed by atoms with Crippen LogP contribution in [0.1, 0.15) is 34.0 Å². The Labute approximate surface area is 178 Å². The number of halogens is 2. The third-order valence-corrected chi connectivity index (χ3v) is 4.73. The first-order valence-electron chi connectivity index (χ1n) is 9.15. The predicted molar refractivity (Wildman–Crippen MR) is 107 cm³/mol. The molecule has 0 saturated heterocycles. The molecule has 9 heteroatoms. The van der Waals surface area contributed by atoms with E-state index >= 15 is 0 Å².